The summed E-state index contributed by atoms with van der Waals surface area (Å²) in [6.45, 7) is 7.46. The number of aliphatic hydroxyl groups excluding tert-OH is 1. The van der Waals surface area contributed by atoms with Crippen molar-refractivity contribution in [1.29, 1.82) is 0 Å². The average Bonchev–Trinajstić information content (AvgIpc) is 3.11. The monoisotopic (exact) mass is 459 g/mol. The SMILES string of the molecule is CC(C)(C)c1ccc(CN(CC(O)COc2ccc(C=O)cc2)C2CCS(=O)(=O)C2)cc1. The molecule has 3 rings (SSSR count). The van der Waals surface area contributed by atoms with Crippen molar-refractivity contribution in [2.75, 3.05) is 24.7 Å². The molecule has 0 aromatic heterocycles. The summed E-state index contributed by atoms with van der Waals surface area (Å²) in [6, 6.07) is 15.0. The minimum absolute atomic E-state index is 0.0647. The number of carbonyl (C=O) groups excluding carboxylic acids is 1. The van der Waals surface area contributed by atoms with Gasteiger partial charge >= 0.3 is 0 Å². The number of sulfone groups is 1. The lowest BCUT2D eigenvalue weighted by Crippen LogP contribution is -2.42. The lowest BCUT2D eigenvalue weighted by Gasteiger charge is -2.30. The van der Waals surface area contributed by atoms with E-state index in [2.05, 4.69) is 49.9 Å². The summed E-state index contributed by atoms with van der Waals surface area (Å²) in [6.07, 6.45) is 0.557. The summed E-state index contributed by atoms with van der Waals surface area (Å²) in [4.78, 5) is 12.8. The number of benzene rings is 2. The summed E-state index contributed by atoms with van der Waals surface area (Å²) >= 11 is 0. The lowest BCUT2D eigenvalue weighted by atomic mass is 9.86. The van der Waals surface area contributed by atoms with Crippen molar-refractivity contribution in [1.82, 2.24) is 4.90 Å². The molecule has 2 unspecified atom stereocenters. The normalized spacial score (nSPS) is 19.1. The predicted octanol–water partition coefficient (Wildman–Crippen LogP) is 3.23. The summed E-state index contributed by atoms with van der Waals surface area (Å²) in [5, 5.41) is 10.6. The third-order valence-electron chi connectivity index (χ3n) is 5.83. The Morgan fingerprint density at radius 3 is 2.31 bits per heavy atom. The van der Waals surface area contributed by atoms with Crippen LogP contribution >= 0.6 is 0 Å². The molecular weight excluding hydrogens is 426 g/mol. The first-order valence-corrected chi connectivity index (χ1v) is 12.8. The summed E-state index contributed by atoms with van der Waals surface area (Å²) < 4.78 is 29.8. The Hall–Kier alpha value is -2.22. The van der Waals surface area contributed by atoms with Crippen LogP contribution in [0.3, 0.4) is 0 Å². The average molecular weight is 460 g/mol. The van der Waals surface area contributed by atoms with E-state index in [1.165, 1.54) is 5.56 Å². The molecule has 1 N–H and O–H groups in total. The molecule has 174 valence electrons. The highest BCUT2D eigenvalue weighted by Gasteiger charge is 2.33. The first-order chi connectivity index (χ1) is 15.1. The van der Waals surface area contributed by atoms with Crippen LogP contribution in [0.15, 0.2) is 48.5 Å². The Bertz CT molecular complexity index is 994. The highest BCUT2D eigenvalue weighted by Crippen LogP contribution is 2.24. The zero-order valence-corrected chi connectivity index (χ0v) is 19.8. The topological polar surface area (TPSA) is 83.9 Å². The molecule has 1 saturated heterocycles. The van der Waals surface area contributed by atoms with E-state index in [0.717, 1.165) is 11.8 Å². The van der Waals surface area contributed by atoms with E-state index in [4.69, 9.17) is 4.74 Å². The van der Waals surface area contributed by atoms with E-state index < -0.39 is 15.9 Å². The highest BCUT2D eigenvalue weighted by atomic mass is 32.2. The molecule has 0 bridgehead atoms. The molecule has 2 atom stereocenters. The van der Waals surface area contributed by atoms with E-state index in [1.54, 1.807) is 24.3 Å². The van der Waals surface area contributed by atoms with Gasteiger partial charge in [-0.25, -0.2) is 8.42 Å². The van der Waals surface area contributed by atoms with Crippen molar-refractivity contribution < 1.29 is 23.1 Å². The number of carbonyl (C=O) groups is 1. The lowest BCUT2D eigenvalue weighted by molar-refractivity contribution is 0.0524. The number of hydrogen-bond acceptors (Lipinski definition) is 6. The van der Waals surface area contributed by atoms with Gasteiger partial charge in [-0.3, -0.25) is 9.69 Å². The van der Waals surface area contributed by atoms with E-state index >= 15 is 0 Å². The Balaban J connectivity index is 1.66. The van der Waals surface area contributed by atoms with E-state index in [0.29, 0.717) is 30.8 Å². The zero-order chi connectivity index (χ0) is 23.4. The smallest absolute Gasteiger partial charge is 0.151 e. The van der Waals surface area contributed by atoms with Crippen molar-refractivity contribution in [3.8, 4) is 5.75 Å². The number of rotatable bonds is 9. The van der Waals surface area contributed by atoms with Gasteiger partial charge in [-0.15, -0.1) is 0 Å². The van der Waals surface area contributed by atoms with E-state index in [1.807, 2.05) is 0 Å². The number of aliphatic hydroxyl groups is 1. The fourth-order valence-electron chi connectivity index (χ4n) is 3.91. The van der Waals surface area contributed by atoms with Crippen LogP contribution in [0.1, 0.15) is 48.7 Å². The number of hydrogen-bond donors (Lipinski definition) is 1. The maximum absolute atomic E-state index is 12.1. The van der Waals surface area contributed by atoms with Crippen LogP contribution in [0.2, 0.25) is 0 Å². The molecule has 2 aromatic rings. The van der Waals surface area contributed by atoms with Crippen molar-refractivity contribution in [3.63, 3.8) is 0 Å². The van der Waals surface area contributed by atoms with Gasteiger partial charge in [0.05, 0.1) is 11.5 Å². The molecule has 1 heterocycles. The Labute approximate surface area is 191 Å². The largest absolute Gasteiger partial charge is 0.491 e. The van der Waals surface area contributed by atoms with Crippen LogP contribution in [0, 0.1) is 0 Å². The first-order valence-electron chi connectivity index (χ1n) is 11.0. The third-order valence-corrected chi connectivity index (χ3v) is 7.58. The Kier molecular flexibility index (Phi) is 7.75. The van der Waals surface area contributed by atoms with Gasteiger partial charge in [-0.1, -0.05) is 45.0 Å². The highest BCUT2D eigenvalue weighted by molar-refractivity contribution is 7.91. The van der Waals surface area contributed by atoms with Crippen molar-refractivity contribution in [3.05, 3.63) is 65.2 Å². The molecule has 1 fully saturated rings. The molecule has 32 heavy (non-hydrogen) atoms. The van der Waals surface area contributed by atoms with Crippen LogP contribution in [-0.4, -0.2) is 61.5 Å². The zero-order valence-electron chi connectivity index (χ0n) is 19.0. The number of aldehydes is 1. The fraction of sp³-hybridized carbons (Fsp3) is 0.480. The van der Waals surface area contributed by atoms with E-state index in [9.17, 15) is 18.3 Å². The van der Waals surface area contributed by atoms with Gasteiger partial charge in [0, 0.05) is 24.7 Å². The summed E-state index contributed by atoms with van der Waals surface area (Å²) in [7, 11) is -3.04. The van der Waals surface area contributed by atoms with Gasteiger partial charge < -0.3 is 9.84 Å². The van der Waals surface area contributed by atoms with Crippen molar-refractivity contribution in [2.24, 2.45) is 0 Å². The summed E-state index contributed by atoms with van der Waals surface area (Å²) in [5.74, 6) is 0.878. The first kappa shape index (κ1) is 24.4. The number of nitrogens with zero attached hydrogens (tertiary/aromatic N) is 1. The second-order valence-electron chi connectivity index (χ2n) is 9.58. The maximum atomic E-state index is 12.1. The quantitative estimate of drug-likeness (QED) is 0.580. The van der Waals surface area contributed by atoms with Gasteiger partial charge in [-0.05, 0) is 47.2 Å². The predicted molar refractivity (Wildman–Crippen MR) is 126 cm³/mol. The molecule has 0 saturated carbocycles. The molecular formula is C25H33NO5S. The van der Waals surface area contributed by atoms with Gasteiger partial charge in [-0.2, -0.15) is 0 Å². The minimum atomic E-state index is -3.04. The Morgan fingerprint density at radius 1 is 1.12 bits per heavy atom. The van der Waals surface area contributed by atoms with Gasteiger partial charge in [0.25, 0.3) is 0 Å². The van der Waals surface area contributed by atoms with Gasteiger partial charge in [0.15, 0.2) is 9.84 Å². The summed E-state index contributed by atoms with van der Waals surface area (Å²) in [5.41, 5.74) is 2.95. The second kappa shape index (κ2) is 10.1. The Morgan fingerprint density at radius 2 is 1.78 bits per heavy atom. The third kappa shape index (κ3) is 6.89. The molecule has 1 aliphatic rings. The van der Waals surface area contributed by atoms with Crippen LogP contribution in [0.25, 0.3) is 0 Å². The molecule has 0 amide bonds. The molecule has 6 nitrogen and oxygen atoms in total. The number of ether oxygens (including phenoxy) is 1. The van der Waals surface area contributed by atoms with Crippen LogP contribution in [0.5, 0.6) is 5.75 Å². The molecule has 2 aromatic carbocycles. The van der Waals surface area contributed by atoms with Crippen LogP contribution in [-0.2, 0) is 21.8 Å². The molecule has 0 aliphatic carbocycles. The fourth-order valence-corrected chi connectivity index (χ4v) is 5.67. The minimum Gasteiger partial charge on any atom is -0.491 e. The van der Waals surface area contributed by atoms with Crippen molar-refractivity contribution in [2.45, 2.75) is 51.3 Å². The van der Waals surface area contributed by atoms with Crippen LogP contribution in [0.4, 0.5) is 0 Å². The second-order valence-corrected chi connectivity index (χ2v) is 11.8. The molecule has 7 heteroatoms. The maximum Gasteiger partial charge on any atom is 0.151 e. The molecule has 0 radical (unpaired) electrons. The molecule has 0 spiro atoms. The molecule has 1 aliphatic heterocycles. The standard InChI is InChI=1S/C25H33NO5S/c1-25(2,3)21-8-4-19(5-9-21)14-26(22-12-13-32(29,30)18-22)15-23(28)17-31-24-10-6-20(16-27)7-11-24/h4-11,16,22-23,28H,12-15,17-18H2,1-3H3. The van der Waals surface area contributed by atoms with Crippen molar-refractivity contribution >= 4 is 16.1 Å². The van der Waals surface area contributed by atoms with Gasteiger partial charge in [0.2, 0.25) is 0 Å². The van der Waals surface area contributed by atoms with Gasteiger partial charge in [0.1, 0.15) is 24.7 Å². The van der Waals surface area contributed by atoms with E-state index in [-0.39, 0.29) is 29.6 Å². The van der Waals surface area contributed by atoms with Crippen LogP contribution < -0.4 is 4.74 Å².